The first-order chi connectivity index (χ1) is 8.79. The maximum absolute atomic E-state index is 11.3. The monoisotopic (exact) mass is 249 g/mol. The average molecular weight is 249 g/mol. The number of nitrogens with one attached hydrogen (secondary N) is 1. The van der Waals surface area contributed by atoms with Gasteiger partial charge in [-0.15, -0.1) is 0 Å². The largest absolute Gasteiger partial charge is 0.492 e. The quantitative estimate of drug-likeness (QED) is 0.829. The summed E-state index contributed by atoms with van der Waals surface area (Å²) in [5, 5.41) is 3.43. The molecule has 4 heteroatoms. The van der Waals surface area contributed by atoms with Crippen molar-refractivity contribution in [3.8, 4) is 5.75 Å². The minimum atomic E-state index is -0.324. The minimum absolute atomic E-state index is 0.324. The van der Waals surface area contributed by atoms with Crippen LogP contribution in [0, 0.1) is 0 Å². The number of piperidine rings is 1. The molecule has 1 atom stereocenters. The number of hydrogen-bond donors (Lipinski definition) is 1. The molecule has 1 saturated heterocycles. The fraction of sp³-hybridized carbons (Fsp3) is 0.500. The molecule has 0 amide bonds. The van der Waals surface area contributed by atoms with Gasteiger partial charge in [-0.3, -0.25) is 0 Å². The van der Waals surface area contributed by atoms with Crippen LogP contribution in [0.5, 0.6) is 5.75 Å². The van der Waals surface area contributed by atoms with Crippen molar-refractivity contribution in [3.63, 3.8) is 0 Å². The zero-order chi connectivity index (χ0) is 12.8. The number of rotatable bonds is 4. The van der Waals surface area contributed by atoms with Gasteiger partial charge in [-0.05, 0) is 43.7 Å². The Morgan fingerprint density at radius 2 is 2.11 bits per heavy atom. The molecular weight excluding hydrogens is 230 g/mol. The molecule has 0 saturated carbocycles. The Morgan fingerprint density at radius 1 is 1.33 bits per heavy atom. The molecule has 1 aromatic carbocycles. The molecule has 1 aromatic rings. The van der Waals surface area contributed by atoms with Crippen LogP contribution in [0.2, 0.25) is 0 Å². The fourth-order valence-electron chi connectivity index (χ4n) is 2.07. The van der Waals surface area contributed by atoms with Crippen LogP contribution in [0.3, 0.4) is 0 Å². The lowest BCUT2D eigenvalue weighted by Crippen LogP contribution is -2.38. The first-order valence-corrected chi connectivity index (χ1v) is 6.34. The predicted octanol–water partition coefficient (Wildman–Crippen LogP) is 1.99. The molecule has 0 aliphatic carbocycles. The van der Waals surface area contributed by atoms with Gasteiger partial charge in [0.25, 0.3) is 0 Å². The van der Waals surface area contributed by atoms with Crippen molar-refractivity contribution < 1.29 is 14.3 Å². The number of methoxy groups -OCH3 is 1. The van der Waals surface area contributed by atoms with Crippen LogP contribution in [0.4, 0.5) is 0 Å². The van der Waals surface area contributed by atoms with E-state index >= 15 is 0 Å². The molecule has 0 bridgehead atoms. The predicted molar refractivity (Wildman–Crippen MR) is 68.9 cm³/mol. The van der Waals surface area contributed by atoms with Crippen molar-refractivity contribution in [2.75, 3.05) is 20.3 Å². The molecule has 18 heavy (non-hydrogen) atoms. The van der Waals surface area contributed by atoms with E-state index in [0.29, 0.717) is 18.2 Å². The first-order valence-electron chi connectivity index (χ1n) is 6.34. The second kappa shape index (κ2) is 6.40. The van der Waals surface area contributed by atoms with Crippen LogP contribution >= 0.6 is 0 Å². The van der Waals surface area contributed by atoms with Crippen molar-refractivity contribution in [2.24, 2.45) is 0 Å². The summed E-state index contributed by atoms with van der Waals surface area (Å²) in [6.45, 7) is 1.76. The van der Waals surface area contributed by atoms with Crippen LogP contribution in [-0.2, 0) is 4.74 Å². The molecule has 1 N–H and O–H groups in total. The number of esters is 1. The Morgan fingerprint density at radius 3 is 2.72 bits per heavy atom. The van der Waals surface area contributed by atoms with Crippen LogP contribution in [-0.4, -0.2) is 32.3 Å². The smallest absolute Gasteiger partial charge is 0.337 e. The summed E-state index contributed by atoms with van der Waals surface area (Å²) in [6.07, 6.45) is 3.69. The maximum Gasteiger partial charge on any atom is 0.337 e. The van der Waals surface area contributed by atoms with Crippen LogP contribution in [0.25, 0.3) is 0 Å². The molecule has 1 heterocycles. The van der Waals surface area contributed by atoms with Crippen molar-refractivity contribution in [3.05, 3.63) is 29.8 Å². The van der Waals surface area contributed by atoms with Crippen LogP contribution in [0.1, 0.15) is 29.6 Å². The van der Waals surface area contributed by atoms with Gasteiger partial charge in [-0.25, -0.2) is 4.79 Å². The highest BCUT2D eigenvalue weighted by Gasteiger charge is 2.13. The van der Waals surface area contributed by atoms with Gasteiger partial charge in [-0.2, -0.15) is 0 Å². The second-order valence-corrected chi connectivity index (χ2v) is 4.47. The second-order valence-electron chi connectivity index (χ2n) is 4.47. The molecule has 1 fully saturated rings. The van der Waals surface area contributed by atoms with Gasteiger partial charge in [0.2, 0.25) is 0 Å². The fourth-order valence-corrected chi connectivity index (χ4v) is 2.07. The lowest BCUT2D eigenvalue weighted by Gasteiger charge is -2.23. The summed E-state index contributed by atoms with van der Waals surface area (Å²) in [5.41, 5.74) is 0.542. The Kier molecular flexibility index (Phi) is 4.59. The minimum Gasteiger partial charge on any atom is -0.492 e. The maximum atomic E-state index is 11.3. The summed E-state index contributed by atoms with van der Waals surface area (Å²) in [5.74, 6) is 0.463. The number of ether oxygens (including phenoxy) is 2. The van der Waals surface area contributed by atoms with E-state index in [1.165, 1.54) is 26.4 Å². The van der Waals surface area contributed by atoms with E-state index in [1.54, 1.807) is 24.3 Å². The van der Waals surface area contributed by atoms with Gasteiger partial charge in [-0.1, -0.05) is 6.42 Å². The third-order valence-corrected chi connectivity index (χ3v) is 3.14. The first kappa shape index (κ1) is 12.9. The highest BCUT2D eigenvalue weighted by atomic mass is 16.5. The van der Waals surface area contributed by atoms with E-state index in [0.717, 1.165) is 12.3 Å². The van der Waals surface area contributed by atoms with E-state index in [1.807, 2.05) is 0 Å². The summed E-state index contributed by atoms with van der Waals surface area (Å²) < 4.78 is 10.3. The summed E-state index contributed by atoms with van der Waals surface area (Å²) in [7, 11) is 1.38. The summed E-state index contributed by atoms with van der Waals surface area (Å²) in [4.78, 5) is 11.3. The topological polar surface area (TPSA) is 47.6 Å². The van der Waals surface area contributed by atoms with Crippen molar-refractivity contribution in [1.29, 1.82) is 0 Å². The summed E-state index contributed by atoms with van der Waals surface area (Å²) >= 11 is 0. The lowest BCUT2D eigenvalue weighted by molar-refractivity contribution is 0.0600. The standard InChI is InChI=1S/C14H19NO3/c1-17-14(16)11-5-7-13(8-6-11)18-10-12-4-2-3-9-15-12/h5-8,12,15H,2-4,9-10H2,1H3. The lowest BCUT2D eigenvalue weighted by atomic mass is 10.1. The summed E-state index contributed by atoms with van der Waals surface area (Å²) in [6, 6.07) is 7.48. The molecule has 1 unspecified atom stereocenters. The third kappa shape index (κ3) is 3.47. The Labute approximate surface area is 107 Å². The van der Waals surface area contributed by atoms with Crippen molar-refractivity contribution >= 4 is 5.97 Å². The molecule has 2 rings (SSSR count). The zero-order valence-corrected chi connectivity index (χ0v) is 10.6. The molecule has 1 aliphatic heterocycles. The van der Waals surface area contributed by atoms with Crippen molar-refractivity contribution in [2.45, 2.75) is 25.3 Å². The molecule has 98 valence electrons. The van der Waals surface area contributed by atoms with Gasteiger partial charge < -0.3 is 14.8 Å². The van der Waals surface area contributed by atoms with Crippen LogP contribution in [0.15, 0.2) is 24.3 Å². The van der Waals surface area contributed by atoms with Gasteiger partial charge in [0.15, 0.2) is 0 Å². The van der Waals surface area contributed by atoms with Crippen LogP contribution < -0.4 is 10.1 Å². The number of benzene rings is 1. The highest BCUT2D eigenvalue weighted by molar-refractivity contribution is 5.89. The third-order valence-electron chi connectivity index (χ3n) is 3.14. The van der Waals surface area contributed by atoms with E-state index in [2.05, 4.69) is 10.1 Å². The highest BCUT2D eigenvalue weighted by Crippen LogP contribution is 2.14. The van der Waals surface area contributed by atoms with E-state index in [9.17, 15) is 4.79 Å². The van der Waals surface area contributed by atoms with Gasteiger partial charge in [0.1, 0.15) is 12.4 Å². The SMILES string of the molecule is COC(=O)c1ccc(OCC2CCCCN2)cc1. The molecule has 1 aliphatic rings. The van der Waals surface area contributed by atoms with Gasteiger partial charge in [0, 0.05) is 6.04 Å². The van der Waals surface area contributed by atoms with Gasteiger partial charge >= 0.3 is 5.97 Å². The Bertz CT molecular complexity index is 383. The van der Waals surface area contributed by atoms with Crippen molar-refractivity contribution in [1.82, 2.24) is 5.32 Å². The molecule has 0 aromatic heterocycles. The van der Waals surface area contributed by atoms with E-state index in [4.69, 9.17) is 4.74 Å². The number of carbonyl (C=O) groups excluding carboxylic acids is 1. The molecule has 0 spiro atoms. The number of hydrogen-bond acceptors (Lipinski definition) is 4. The average Bonchev–Trinajstić information content (AvgIpc) is 2.46. The normalized spacial score (nSPS) is 19.3. The number of carbonyl (C=O) groups is 1. The Balaban J connectivity index is 1.84. The Hall–Kier alpha value is -1.55. The molecule has 4 nitrogen and oxygen atoms in total. The molecular formula is C14H19NO3. The van der Waals surface area contributed by atoms with E-state index in [-0.39, 0.29) is 5.97 Å². The zero-order valence-electron chi connectivity index (χ0n) is 10.6. The van der Waals surface area contributed by atoms with E-state index < -0.39 is 0 Å². The molecule has 0 radical (unpaired) electrons. The van der Waals surface area contributed by atoms with Gasteiger partial charge in [0.05, 0.1) is 12.7 Å².